The van der Waals surface area contributed by atoms with E-state index in [0.717, 1.165) is 6.54 Å². The van der Waals surface area contributed by atoms with Crippen LogP contribution in [0.5, 0.6) is 5.88 Å². The third kappa shape index (κ3) is 3.94. The Morgan fingerprint density at radius 1 is 1.41 bits per heavy atom. The average Bonchev–Trinajstić information content (AvgIpc) is 2.28. The maximum absolute atomic E-state index is 10.4. The van der Waals surface area contributed by atoms with Crippen molar-refractivity contribution in [1.29, 1.82) is 0 Å². The molecule has 0 aliphatic rings. The van der Waals surface area contributed by atoms with E-state index in [2.05, 4.69) is 29.1 Å². The molecular formula is C12H21N3O2. The van der Waals surface area contributed by atoms with Gasteiger partial charge in [0, 0.05) is 18.9 Å². The predicted molar refractivity (Wildman–Crippen MR) is 65.9 cm³/mol. The van der Waals surface area contributed by atoms with Gasteiger partial charge in [-0.3, -0.25) is 4.98 Å². The van der Waals surface area contributed by atoms with Crippen LogP contribution in [0.3, 0.4) is 0 Å². The van der Waals surface area contributed by atoms with Gasteiger partial charge >= 0.3 is 0 Å². The van der Waals surface area contributed by atoms with E-state index in [1.165, 1.54) is 7.11 Å². The molecule has 1 heterocycles. The van der Waals surface area contributed by atoms with Gasteiger partial charge in [0.15, 0.2) is 0 Å². The first-order valence-corrected chi connectivity index (χ1v) is 5.76. The van der Waals surface area contributed by atoms with E-state index in [4.69, 9.17) is 4.74 Å². The Morgan fingerprint density at radius 3 is 2.65 bits per heavy atom. The summed E-state index contributed by atoms with van der Waals surface area (Å²) in [5.74, 6) is 0.901. The van der Waals surface area contributed by atoms with Crippen molar-refractivity contribution < 1.29 is 9.84 Å². The molecule has 96 valence electrons. The molecule has 0 saturated heterocycles. The smallest absolute Gasteiger partial charge is 0.238 e. The minimum Gasteiger partial charge on any atom is -0.480 e. The molecule has 2 N–H and O–H groups in total. The lowest BCUT2D eigenvalue weighted by atomic mass is 10.0. The molecule has 17 heavy (non-hydrogen) atoms. The Kier molecular flexibility index (Phi) is 4.84. The Labute approximate surface area is 102 Å². The molecular weight excluding hydrogens is 218 g/mol. The Morgan fingerprint density at radius 2 is 2.06 bits per heavy atom. The van der Waals surface area contributed by atoms with Crippen LogP contribution in [0.25, 0.3) is 0 Å². The summed E-state index contributed by atoms with van der Waals surface area (Å²) in [6, 6.07) is 0. The summed E-state index contributed by atoms with van der Waals surface area (Å²) in [7, 11) is 1.52. The maximum Gasteiger partial charge on any atom is 0.238 e. The van der Waals surface area contributed by atoms with Gasteiger partial charge in [-0.2, -0.15) is 0 Å². The van der Waals surface area contributed by atoms with Crippen molar-refractivity contribution in [3.8, 4) is 5.88 Å². The van der Waals surface area contributed by atoms with E-state index in [1.807, 2.05) is 0 Å². The second-order valence-electron chi connectivity index (χ2n) is 4.71. The normalized spacial score (nSPS) is 14.7. The molecule has 1 rings (SSSR count). The van der Waals surface area contributed by atoms with E-state index in [1.54, 1.807) is 19.3 Å². The topological polar surface area (TPSA) is 67.3 Å². The van der Waals surface area contributed by atoms with Gasteiger partial charge in [-0.25, -0.2) is 4.98 Å². The van der Waals surface area contributed by atoms with Crippen LogP contribution < -0.4 is 10.1 Å². The summed E-state index contributed by atoms with van der Waals surface area (Å²) < 4.78 is 5.10. The van der Waals surface area contributed by atoms with Crippen LogP contribution in [-0.4, -0.2) is 35.3 Å². The molecule has 0 aliphatic carbocycles. The number of rotatable bonds is 6. The molecule has 1 unspecified atom stereocenters. The van der Waals surface area contributed by atoms with Gasteiger partial charge in [-0.15, -0.1) is 0 Å². The minimum absolute atomic E-state index is 0.365. The zero-order valence-electron chi connectivity index (χ0n) is 10.9. The first-order valence-electron chi connectivity index (χ1n) is 5.76. The van der Waals surface area contributed by atoms with Crippen molar-refractivity contribution in [1.82, 2.24) is 15.3 Å². The van der Waals surface area contributed by atoms with Gasteiger partial charge in [0.2, 0.25) is 5.88 Å². The quantitative estimate of drug-likeness (QED) is 0.773. The molecule has 1 aromatic rings. The predicted octanol–water partition coefficient (Wildman–Crippen LogP) is 0.938. The Balaban J connectivity index is 2.74. The van der Waals surface area contributed by atoms with E-state index in [0.29, 0.717) is 24.0 Å². The number of aliphatic hydroxyl groups is 1. The largest absolute Gasteiger partial charge is 0.480 e. The van der Waals surface area contributed by atoms with Gasteiger partial charge in [0.05, 0.1) is 7.11 Å². The van der Waals surface area contributed by atoms with Crippen LogP contribution in [0.1, 0.15) is 26.5 Å². The summed E-state index contributed by atoms with van der Waals surface area (Å²) in [6.07, 6.45) is 3.09. The highest BCUT2D eigenvalue weighted by atomic mass is 16.5. The lowest BCUT2D eigenvalue weighted by molar-refractivity contribution is 0.0484. The molecule has 5 heteroatoms. The molecule has 0 aliphatic heterocycles. The summed E-state index contributed by atoms with van der Waals surface area (Å²) >= 11 is 0. The SMILES string of the molecule is COc1nccnc1C(C)(O)CNCC(C)C. The van der Waals surface area contributed by atoms with Crippen molar-refractivity contribution in [2.45, 2.75) is 26.4 Å². The molecule has 5 nitrogen and oxygen atoms in total. The van der Waals surface area contributed by atoms with E-state index in [-0.39, 0.29) is 0 Å². The highest BCUT2D eigenvalue weighted by Crippen LogP contribution is 2.24. The Hall–Kier alpha value is -1.20. The lowest BCUT2D eigenvalue weighted by Crippen LogP contribution is -2.38. The van der Waals surface area contributed by atoms with Gasteiger partial charge in [0.25, 0.3) is 0 Å². The first-order chi connectivity index (χ1) is 7.97. The van der Waals surface area contributed by atoms with Gasteiger partial charge in [-0.05, 0) is 19.4 Å². The molecule has 1 atom stereocenters. The average molecular weight is 239 g/mol. The number of aromatic nitrogens is 2. The number of ether oxygens (including phenoxy) is 1. The number of methoxy groups -OCH3 is 1. The third-order valence-corrected chi connectivity index (χ3v) is 2.39. The van der Waals surface area contributed by atoms with Crippen LogP contribution in [-0.2, 0) is 5.60 Å². The highest BCUT2D eigenvalue weighted by Gasteiger charge is 2.28. The van der Waals surface area contributed by atoms with Crippen molar-refractivity contribution in [2.75, 3.05) is 20.2 Å². The maximum atomic E-state index is 10.4. The van der Waals surface area contributed by atoms with E-state index in [9.17, 15) is 5.11 Å². The van der Waals surface area contributed by atoms with E-state index >= 15 is 0 Å². The molecule has 1 aromatic heterocycles. The fourth-order valence-electron chi connectivity index (χ4n) is 1.53. The van der Waals surface area contributed by atoms with Crippen LogP contribution >= 0.6 is 0 Å². The number of nitrogens with one attached hydrogen (secondary N) is 1. The fraction of sp³-hybridized carbons (Fsp3) is 0.667. The molecule has 0 spiro atoms. The number of nitrogens with zero attached hydrogens (tertiary/aromatic N) is 2. The Bertz CT molecular complexity index is 353. The summed E-state index contributed by atoms with van der Waals surface area (Å²) in [4.78, 5) is 8.18. The highest BCUT2D eigenvalue weighted by molar-refractivity contribution is 5.23. The third-order valence-electron chi connectivity index (χ3n) is 2.39. The minimum atomic E-state index is -1.09. The van der Waals surface area contributed by atoms with Crippen molar-refractivity contribution in [3.05, 3.63) is 18.1 Å². The number of hydrogen-bond acceptors (Lipinski definition) is 5. The molecule has 0 aromatic carbocycles. The second kappa shape index (κ2) is 5.93. The standard InChI is InChI=1S/C12H21N3O2/c1-9(2)7-13-8-12(3,16)10-11(17-4)15-6-5-14-10/h5-6,9,13,16H,7-8H2,1-4H3. The zero-order chi connectivity index (χ0) is 12.9. The van der Waals surface area contributed by atoms with Crippen molar-refractivity contribution in [3.63, 3.8) is 0 Å². The molecule has 0 fully saturated rings. The van der Waals surface area contributed by atoms with Gasteiger partial charge < -0.3 is 15.2 Å². The molecule has 0 saturated carbocycles. The van der Waals surface area contributed by atoms with Crippen LogP contribution in [0, 0.1) is 5.92 Å². The summed E-state index contributed by atoms with van der Waals surface area (Å²) in [5, 5.41) is 13.6. The lowest BCUT2D eigenvalue weighted by Gasteiger charge is -2.24. The van der Waals surface area contributed by atoms with E-state index < -0.39 is 5.60 Å². The van der Waals surface area contributed by atoms with Crippen LogP contribution in [0.4, 0.5) is 0 Å². The zero-order valence-corrected chi connectivity index (χ0v) is 10.9. The molecule has 0 bridgehead atoms. The van der Waals surface area contributed by atoms with Crippen molar-refractivity contribution >= 4 is 0 Å². The number of hydrogen-bond donors (Lipinski definition) is 2. The van der Waals surface area contributed by atoms with Crippen molar-refractivity contribution in [2.24, 2.45) is 5.92 Å². The second-order valence-corrected chi connectivity index (χ2v) is 4.71. The fourth-order valence-corrected chi connectivity index (χ4v) is 1.53. The monoisotopic (exact) mass is 239 g/mol. The molecule has 0 radical (unpaired) electrons. The first kappa shape index (κ1) is 13.9. The molecule has 0 amide bonds. The van der Waals surface area contributed by atoms with Crippen LogP contribution in [0.2, 0.25) is 0 Å². The summed E-state index contributed by atoms with van der Waals surface area (Å²) in [6.45, 7) is 7.20. The van der Waals surface area contributed by atoms with Crippen LogP contribution in [0.15, 0.2) is 12.4 Å². The summed E-state index contributed by atoms with van der Waals surface area (Å²) in [5.41, 5.74) is -0.632. The van der Waals surface area contributed by atoms with Gasteiger partial charge in [-0.1, -0.05) is 13.8 Å². The van der Waals surface area contributed by atoms with Gasteiger partial charge in [0.1, 0.15) is 11.3 Å².